The predicted molar refractivity (Wildman–Crippen MR) is 77.9 cm³/mol. The topological polar surface area (TPSA) is 21.3 Å². The van der Waals surface area contributed by atoms with Crippen LogP contribution in [0.3, 0.4) is 0 Å². The van der Waals surface area contributed by atoms with Gasteiger partial charge >= 0.3 is 0 Å². The zero-order chi connectivity index (χ0) is 12.8. The molecular formula is C15H16BrNO. The molecule has 2 nitrogen and oxygen atoms in total. The summed E-state index contributed by atoms with van der Waals surface area (Å²) in [5.41, 5.74) is 1.17. The Kier molecular flexibility index (Phi) is 4.79. The molecule has 18 heavy (non-hydrogen) atoms. The van der Waals surface area contributed by atoms with Crippen molar-refractivity contribution < 1.29 is 4.74 Å². The lowest BCUT2D eigenvalue weighted by Crippen LogP contribution is -2.22. The Balaban J connectivity index is 2.19. The summed E-state index contributed by atoms with van der Waals surface area (Å²) in [5.74, 6) is 0.863. The van der Waals surface area contributed by atoms with Crippen LogP contribution in [0.2, 0.25) is 0 Å². The Morgan fingerprint density at radius 3 is 2.39 bits per heavy atom. The Morgan fingerprint density at radius 1 is 1.06 bits per heavy atom. The molecule has 0 aliphatic rings. The SMILES string of the molecule is CNCC(Oc1ccccc1Br)c1ccccc1. The maximum atomic E-state index is 6.06. The van der Waals surface area contributed by atoms with Crippen molar-refractivity contribution in [3.63, 3.8) is 0 Å². The fourth-order valence-corrected chi connectivity index (χ4v) is 2.15. The maximum absolute atomic E-state index is 6.06. The molecule has 94 valence electrons. The number of hydrogen-bond acceptors (Lipinski definition) is 2. The Labute approximate surface area is 116 Å². The Hall–Kier alpha value is -1.32. The van der Waals surface area contributed by atoms with Crippen molar-refractivity contribution in [2.75, 3.05) is 13.6 Å². The number of halogens is 1. The van der Waals surface area contributed by atoms with Gasteiger partial charge in [0, 0.05) is 6.54 Å². The van der Waals surface area contributed by atoms with Gasteiger partial charge in [-0.3, -0.25) is 0 Å². The lowest BCUT2D eigenvalue weighted by atomic mass is 10.1. The molecule has 0 amide bonds. The molecule has 0 aromatic heterocycles. The molecule has 0 saturated heterocycles. The van der Waals surface area contributed by atoms with Crippen LogP contribution >= 0.6 is 15.9 Å². The molecule has 0 spiro atoms. The second-order valence-electron chi connectivity index (χ2n) is 4.01. The summed E-state index contributed by atoms with van der Waals surface area (Å²) in [5, 5.41) is 3.17. The van der Waals surface area contributed by atoms with Crippen LogP contribution in [0.15, 0.2) is 59.1 Å². The van der Waals surface area contributed by atoms with Gasteiger partial charge in [0.2, 0.25) is 0 Å². The van der Waals surface area contributed by atoms with Gasteiger partial charge in [-0.15, -0.1) is 0 Å². The van der Waals surface area contributed by atoms with E-state index in [2.05, 4.69) is 33.4 Å². The van der Waals surface area contributed by atoms with Gasteiger partial charge in [-0.25, -0.2) is 0 Å². The molecule has 0 fully saturated rings. The molecular weight excluding hydrogens is 290 g/mol. The minimum Gasteiger partial charge on any atom is -0.483 e. The normalized spacial score (nSPS) is 12.1. The second-order valence-corrected chi connectivity index (χ2v) is 4.86. The van der Waals surface area contributed by atoms with Gasteiger partial charge in [0.15, 0.2) is 0 Å². The minimum absolute atomic E-state index is 0.00917. The van der Waals surface area contributed by atoms with E-state index < -0.39 is 0 Å². The van der Waals surface area contributed by atoms with E-state index >= 15 is 0 Å². The number of hydrogen-bond donors (Lipinski definition) is 1. The molecule has 0 saturated carbocycles. The molecule has 0 heterocycles. The Morgan fingerprint density at radius 2 is 1.72 bits per heavy atom. The first-order valence-corrected chi connectivity index (χ1v) is 6.71. The van der Waals surface area contributed by atoms with E-state index in [-0.39, 0.29) is 6.10 Å². The van der Waals surface area contributed by atoms with E-state index in [1.54, 1.807) is 0 Å². The van der Waals surface area contributed by atoms with Crippen LogP contribution in [0, 0.1) is 0 Å². The lowest BCUT2D eigenvalue weighted by molar-refractivity contribution is 0.203. The summed E-state index contributed by atoms with van der Waals surface area (Å²) in [6.07, 6.45) is 0.00917. The van der Waals surface area contributed by atoms with Crippen molar-refractivity contribution in [1.82, 2.24) is 5.32 Å². The zero-order valence-electron chi connectivity index (χ0n) is 10.3. The highest BCUT2D eigenvalue weighted by Crippen LogP contribution is 2.28. The molecule has 1 N–H and O–H groups in total. The largest absolute Gasteiger partial charge is 0.483 e. The molecule has 1 unspecified atom stereocenters. The van der Waals surface area contributed by atoms with E-state index in [9.17, 15) is 0 Å². The van der Waals surface area contributed by atoms with Gasteiger partial charge in [-0.2, -0.15) is 0 Å². The standard InChI is InChI=1S/C15H16BrNO/c1-17-11-15(12-7-3-2-4-8-12)18-14-10-6-5-9-13(14)16/h2-10,15,17H,11H2,1H3. The minimum atomic E-state index is 0.00917. The number of para-hydroxylation sites is 1. The molecule has 0 radical (unpaired) electrons. The van der Waals surface area contributed by atoms with Crippen LogP contribution < -0.4 is 10.1 Å². The Bertz CT molecular complexity index is 487. The molecule has 0 aliphatic heterocycles. The summed E-state index contributed by atoms with van der Waals surface area (Å²) < 4.78 is 7.04. The summed E-state index contributed by atoms with van der Waals surface area (Å²) in [7, 11) is 1.93. The average molecular weight is 306 g/mol. The van der Waals surface area contributed by atoms with Crippen molar-refractivity contribution in [2.45, 2.75) is 6.10 Å². The van der Waals surface area contributed by atoms with Crippen LogP contribution in [0.5, 0.6) is 5.75 Å². The van der Waals surface area contributed by atoms with Crippen molar-refractivity contribution in [3.8, 4) is 5.75 Å². The number of nitrogens with one attached hydrogen (secondary N) is 1. The fourth-order valence-electron chi connectivity index (χ4n) is 1.77. The maximum Gasteiger partial charge on any atom is 0.136 e. The molecule has 1 atom stereocenters. The summed E-state index contributed by atoms with van der Waals surface area (Å²) in [4.78, 5) is 0. The third kappa shape index (κ3) is 3.34. The summed E-state index contributed by atoms with van der Waals surface area (Å²) in [6.45, 7) is 0.769. The third-order valence-corrected chi connectivity index (χ3v) is 3.32. The molecule has 3 heteroatoms. The van der Waals surface area contributed by atoms with Crippen LogP contribution in [0.25, 0.3) is 0 Å². The third-order valence-electron chi connectivity index (χ3n) is 2.67. The van der Waals surface area contributed by atoms with Crippen LogP contribution in [0.1, 0.15) is 11.7 Å². The first-order chi connectivity index (χ1) is 8.81. The van der Waals surface area contributed by atoms with Crippen LogP contribution in [-0.4, -0.2) is 13.6 Å². The number of benzene rings is 2. The average Bonchev–Trinajstić information content (AvgIpc) is 2.42. The number of ether oxygens (including phenoxy) is 1. The van der Waals surface area contributed by atoms with Crippen molar-refractivity contribution in [1.29, 1.82) is 0 Å². The predicted octanol–water partition coefficient (Wildman–Crippen LogP) is 3.79. The highest BCUT2D eigenvalue weighted by atomic mass is 79.9. The smallest absolute Gasteiger partial charge is 0.136 e. The molecule has 0 aliphatic carbocycles. The first kappa shape index (κ1) is 13.1. The van der Waals surface area contributed by atoms with Crippen molar-refractivity contribution >= 4 is 15.9 Å². The quantitative estimate of drug-likeness (QED) is 0.907. The second kappa shape index (κ2) is 6.57. The van der Waals surface area contributed by atoms with E-state index in [0.717, 1.165) is 16.8 Å². The number of rotatable bonds is 5. The number of likely N-dealkylation sites (N-methyl/N-ethyl adjacent to an activating group) is 1. The molecule has 0 bridgehead atoms. The van der Waals surface area contributed by atoms with Crippen molar-refractivity contribution in [3.05, 3.63) is 64.6 Å². The monoisotopic (exact) mass is 305 g/mol. The lowest BCUT2D eigenvalue weighted by Gasteiger charge is -2.20. The highest BCUT2D eigenvalue weighted by molar-refractivity contribution is 9.10. The van der Waals surface area contributed by atoms with Gasteiger partial charge in [-0.1, -0.05) is 42.5 Å². The molecule has 2 rings (SSSR count). The van der Waals surface area contributed by atoms with E-state index in [0.29, 0.717) is 0 Å². The van der Waals surface area contributed by atoms with Crippen LogP contribution in [0.4, 0.5) is 0 Å². The summed E-state index contributed by atoms with van der Waals surface area (Å²) >= 11 is 3.50. The van der Waals surface area contributed by atoms with Crippen LogP contribution in [-0.2, 0) is 0 Å². The van der Waals surface area contributed by atoms with Crippen molar-refractivity contribution in [2.24, 2.45) is 0 Å². The molecule has 2 aromatic rings. The zero-order valence-corrected chi connectivity index (χ0v) is 11.9. The van der Waals surface area contributed by atoms with Gasteiger partial charge in [0.05, 0.1) is 4.47 Å². The van der Waals surface area contributed by atoms with Gasteiger partial charge in [-0.05, 0) is 40.7 Å². The van der Waals surface area contributed by atoms with Gasteiger partial charge in [0.25, 0.3) is 0 Å². The van der Waals surface area contributed by atoms with E-state index in [1.165, 1.54) is 5.56 Å². The van der Waals surface area contributed by atoms with E-state index in [4.69, 9.17) is 4.74 Å². The first-order valence-electron chi connectivity index (χ1n) is 5.92. The van der Waals surface area contributed by atoms with E-state index in [1.807, 2.05) is 49.5 Å². The summed E-state index contributed by atoms with van der Waals surface area (Å²) in [6, 6.07) is 18.1. The highest BCUT2D eigenvalue weighted by Gasteiger charge is 2.13. The fraction of sp³-hybridized carbons (Fsp3) is 0.200. The van der Waals surface area contributed by atoms with Gasteiger partial charge < -0.3 is 10.1 Å². The van der Waals surface area contributed by atoms with Gasteiger partial charge in [0.1, 0.15) is 11.9 Å². The molecule has 2 aromatic carbocycles.